The molecule has 98 valence electrons. The van der Waals surface area contributed by atoms with Gasteiger partial charge in [0.25, 0.3) is 0 Å². The fourth-order valence-corrected chi connectivity index (χ4v) is 1.81. The standard InChI is InChI=1S/C12H23N3O2/c1-3-14-11(16)7-8-13-9-12(17)15(4-2)10-5-6-10/h10,13H,3-9H2,1-2H3,(H,14,16). The molecule has 0 atom stereocenters. The van der Waals surface area contributed by atoms with Crippen LogP contribution in [0.4, 0.5) is 0 Å². The van der Waals surface area contributed by atoms with Crippen LogP contribution in [0.15, 0.2) is 0 Å². The van der Waals surface area contributed by atoms with Gasteiger partial charge in [-0.2, -0.15) is 0 Å². The number of likely N-dealkylation sites (N-methyl/N-ethyl adjacent to an activating group) is 1. The zero-order valence-corrected chi connectivity index (χ0v) is 10.8. The molecule has 1 rings (SSSR count). The molecule has 0 aromatic carbocycles. The third-order valence-electron chi connectivity index (χ3n) is 2.83. The molecule has 5 heteroatoms. The highest BCUT2D eigenvalue weighted by Gasteiger charge is 2.30. The van der Waals surface area contributed by atoms with Crippen LogP contribution < -0.4 is 10.6 Å². The lowest BCUT2D eigenvalue weighted by molar-refractivity contribution is -0.130. The topological polar surface area (TPSA) is 61.4 Å². The molecule has 0 spiro atoms. The first kappa shape index (κ1) is 14.0. The van der Waals surface area contributed by atoms with Crippen molar-refractivity contribution in [3.8, 4) is 0 Å². The van der Waals surface area contributed by atoms with Gasteiger partial charge in [0.1, 0.15) is 0 Å². The van der Waals surface area contributed by atoms with E-state index in [4.69, 9.17) is 0 Å². The molecule has 0 aliphatic heterocycles. The highest BCUT2D eigenvalue weighted by molar-refractivity contribution is 5.79. The molecule has 1 aliphatic carbocycles. The smallest absolute Gasteiger partial charge is 0.236 e. The molecule has 1 saturated carbocycles. The minimum atomic E-state index is 0.0296. The van der Waals surface area contributed by atoms with Crippen LogP contribution in [0.25, 0.3) is 0 Å². The predicted octanol–water partition coefficient (Wildman–Crippen LogP) is 0.113. The number of hydrogen-bond donors (Lipinski definition) is 2. The SMILES string of the molecule is CCNC(=O)CCNCC(=O)N(CC)C1CC1. The molecule has 0 bridgehead atoms. The van der Waals surface area contributed by atoms with E-state index in [0.29, 0.717) is 32.1 Å². The Labute approximate surface area is 103 Å². The quantitative estimate of drug-likeness (QED) is 0.593. The van der Waals surface area contributed by atoms with Gasteiger partial charge in [-0.25, -0.2) is 0 Å². The number of carbonyl (C=O) groups excluding carboxylic acids is 2. The van der Waals surface area contributed by atoms with Gasteiger partial charge < -0.3 is 15.5 Å². The van der Waals surface area contributed by atoms with E-state index in [9.17, 15) is 9.59 Å². The average Bonchev–Trinajstić information content (AvgIpc) is 3.10. The number of nitrogens with one attached hydrogen (secondary N) is 2. The summed E-state index contributed by atoms with van der Waals surface area (Å²) < 4.78 is 0. The van der Waals surface area contributed by atoms with E-state index < -0.39 is 0 Å². The lowest BCUT2D eigenvalue weighted by Gasteiger charge is -2.20. The lowest BCUT2D eigenvalue weighted by Crippen LogP contribution is -2.40. The fourth-order valence-electron chi connectivity index (χ4n) is 1.81. The second kappa shape index (κ2) is 7.27. The van der Waals surface area contributed by atoms with E-state index in [2.05, 4.69) is 10.6 Å². The van der Waals surface area contributed by atoms with Crippen molar-refractivity contribution in [1.29, 1.82) is 0 Å². The Morgan fingerprint density at radius 1 is 1.29 bits per heavy atom. The van der Waals surface area contributed by atoms with Crippen LogP contribution in [0.2, 0.25) is 0 Å². The number of rotatable bonds is 8. The van der Waals surface area contributed by atoms with Crippen molar-refractivity contribution in [2.75, 3.05) is 26.2 Å². The normalized spacial score (nSPS) is 14.5. The van der Waals surface area contributed by atoms with Crippen molar-refractivity contribution in [3.05, 3.63) is 0 Å². The molecule has 0 heterocycles. The molecule has 0 aromatic rings. The van der Waals surface area contributed by atoms with Crippen molar-refractivity contribution in [1.82, 2.24) is 15.5 Å². The first-order chi connectivity index (χ1) is 8.19. The summed E-state index contributed by atoms with van der Waals surface area (Å²) in [4.78, 5) is 24.9. The van der Waals surface area contributed by atoms with Crippen LogP contribution in [0, 0.1) is 0 Å². The third-order valence-corrected chi connectivity index (χ3v) is 2.83. The molecule has 0 unspecified atom stereocenters. The zero-order valence-electron chi connectivity index (χ0n) is 10.8. The number of hydrogen-bond acceptors (Lipinski definition) is 3. The number of nitrogens with zero attached hydrogens (tertiary/aromatic N) is 1. The third kappa shape index (κ3) is 5.17. The van der Waals surface area contributed by atoms with Crippen LogP contribution in [-0.4, -0.2) is 48.9 Å². The number of carbonyl (C=O) groups is 2. The van der Waals surface area contributed by atoms with Crippen LogP contribution in [-0.2, 0) is 9.59 Å². The monoisotopic (exact) mass is 241 g/mol. The van der Waals surface area contributed by atoms with Gasteiger partial charge in [-0.1, -0.05) is 0 Å². The van der Waals surface area contributed by atoms with E-state index in [1.165, 1.54) is 0 Å². The van der Waals surface area contributed by atoms with Crippen molar-refractivity contribution in [2.45, 2.75) is 39.2 Å². The van der Waals surface area contributed by atoms with E-state index in [1.807, 2.05) is 18.7 Å². The summed E-state index contributed by atoms with van der Waals surface area (Å²) in [6, 6.07) is 0.470. The molecule has 0 radical (unpaired) electrons. The molecular formula is C12H23N3O2. The van der Waals surface area contributed by atoms with Crippen molar-refractivity contribution in [2.24, 2.45) is 0 Å². The maximum Gasteiger partial charge on any atom is 0.236 e. The van der Waals surface area contributed by atoms with Crippen LogP contribution >= 0.6 is 0 Å². The molecule has 0 saturated heterocycles. The molecular weight excluding hydrogens is 218 g/mol. The van der Waals surface area contributed by atoms with Crippen molar-refractivity contribution in [3.63, 3.8) is 0 Å². The van der Waals surface area contributed by atoms with E-state index in [-0.39, 0.29) is 11.8 Å². The molecule has 0 aromatic heterocycles. The highest BCUT2D eigenvalue weighted by atomic mass is 16.2. The largest absolute Gasteiger partial charge is 0.356 e. The van der Waals surface area contributed by atoms with Crippen LogP contribution in [0.1, 0.15) is 33.1 Å². The molecule has 2 N–H and O–H groups in total. The minimum Gasteiger partial charge on any atom is -0.356 e. The summed E-state index contributed by atoms with van der Waals surface area (Å²) in [7, 11) is 0. The fraction of sp³-hybridized carbons (Fsp3) is 0.833. The molecule has 5 nitrogen and oxygen atoms in total. The van der Waals surface area contributed by atoms with E-state index >= 15 is 0 Å². The van der Waals surface area contributed by atoms with Gasteiger partial charge >= 0.3 is 0 Å². The van der Waals surface area contributed by atoms with Gasteiger partial charge in [-0.05, 0) is 26.7 Å². The molecule has 1 aliphatic rings. The summed E-state index contributed by atoms with van der Waals surface area (Å²) >= 11 is 0. The first-order valence-corrected chi connectivity index (χ1v) is 6.45. The molecule has 2 amide bonds. The Morgan fingerprint density at radius 3 is 2.53 bits per heavy atom. The average molecular weight is 241 g/mol. The predicted molar refractivity (Wildman–Crippen MR) is 66.6 cm³/mol. The van der Waals surface area contributed by atoms with E-state index in [0.717, 1.165) is 19.4 Å². The summed E-state index contributed by atoms with van der Waals surface area (Å²) in [6.45, 7) is 6.22. The Balaban J connectivity index is 2.09. The second-order valence-corrected chi connectivity index (χ2v) is 4.29. The van der Waals surface area contributed by atoms with Gasteiger partial charge in [0, 0.05) is 32.1 Å². The molecule has 1 fully saturated rings. The summed E-state index contributed by atoms with van der Waals surface area (Å²) in [6.07, 6.45) is 2.70. The van der Waals surface area contributed by atoms with Gasteiger partial charge in [0.15, 0.2) is 0 Å². The van der Waals surface area contributed by atoms with Crippen molar-refractivity contribution < 1.29 is 9.59 Å². The van der Waals surface area contributed by atoms with Crippen LogP contribution in [0.3, 0.4) is 0 Å². The van der Waals surface area contributed by atoms with Crippen LogP contribution in [0.5, 0.6) is 0 Å². The summed E-state index contributed by atoms with van der Waals surface area (Å²) in [5, 5.41) is 5.74. The Morgan fingerprint density at radius 2 is 2.00 bits per heavy atom. The minimum absolute atomic E-state index is 0.0296. The maximum absolute atomic E-state index is 11.8. The zero-order chi connectivity index (χ0) is 12.7. The van der Waals surface area contributed by atoms with E-state index in [1.54, 1.807) is 0 Å². The first-order valence-electron chi connectivity index (χ1n) is 6.45. The van der Waals surface area contributed by atoms with Gasteiger partial charge in [-0.15, -0.1) is 0 Å². The van der Waals surface area contributed by atoms with Gasteiger partial charge in [0.2, 0.25) is 11.8 Å². The Hall–Kier alpha value is -1.10. The Bertz CT molecular complexity index is 264. The van der Waals surface area contributed by atoms with Crippen molar-refractivity contribution >= 4 is 11.8 Å². The lowest BCUT2D eigenvalue weighted by atomic mass is 10.3. The Kier molecular flexibility index (Phi) is 5.97. The second-order valence-electron chi connectivity index (χ2n) is 4.29. The molecule has 17 heavy (non-hydrogen) atoms. The highest BCUT2D eigenvalue weighted by Crippen LogP contribution is 2.26. The maximum atomic E-state index is 11.8. The summed E-state index contributed by atoms with van der Waals surface area (Å²) in [5.41, 5.74) is 0. The van der Waals surface area contributed by atoms with Gasteiger partial charge in [-0.3, -0.25) is 9.59 Å². The van der Waals surface area contributed by atoms with Gasteiger partial charge in [0.05, 0.1) is 6.54 Å². The summed E-state index contributed by atoms with van der Waals surface area (Å²) in [5.74, 6) is 0.174. The number of amides is 2.